The largest absolute Gasteiger partial charge is 0.466 e. The average molecular weight is 350 g/mol. The molecule has 0 aliphatic rings. The maximum atomic E-state index is 8.88. The Morgan fingerprint density at radius 1 is 1.29 bits per heavy atom. The van der Waals surface area contributed by atoms with Crippen molar-refractivity contribution >= 4 is 31.0 Å². The monoisotopic (exact) mass is 349 g/mol. The zero-order chi connectivity index (χ0) is 10.5. The van der Waals surface area contributed by atoms with Crippen LogP contribution < -0.4 is 0 Å². The molecule has 84 valence electrons. The summed E-state index contributed by atoms with van der Waals surface area (Å²) in [6.45, 7) is 0. The summed E-state index contributed by atoms with van der Waals surface area (Å²) in [5.74, 6) is 0. The third-order valence-corrected chi connectivity index (χ3v) is 1.48. The van der Waals surface area contributed by atoms with Crippen molar-refractivity contribution in [2.24, 2.45) is 0 Å². The Morgan fingerprint density at radius 3 is 1.93 bits per heavy atom. The first-order valence-electron chi connectivity index (χ1n) is 2.90. The average Bonchev–Trinajstić information content (AvgIpc) is 1.92. The van der Waals surface area contributed by atoms with Crippen LogP contribution in [0, 0.1) is 6.07 Å². The molecule has 3 N–H and O–H groups in total. The minimum absolute atomic E-state index is 0. The maximum absolute atomic E-state index is 8.88. The van der Waals surface area contributed by atoms with Gasteiger partial charge < -0.3 is 14.7 Å². The van der Waals surface area contributed by atoms with Crippen LogP contribution in [0.3, 0.4) is 0 Å². The van der Waals surface area contributed by atoms with Crippen molar-refractivity contribution in [3.8, 4) is 0 Å². The van der Waals surface area contributed by atoms with Gasteiger partial charge in [0, 0.05) is 20.4 Å². The van der Waals surface area contributed by atoms with Gasteiger partial charge in [0.15, 0.2) is 0 Å². The Kier molecular flexibility index (Phi) is 9.48. The molecule has 0 saturated heterocycles. The Labute approximate surface area is 105 Å². The van der Waals surface area contributed by atoms with Gasteiger partial charge in [-0.1, -0.05) is 10.0 Å². The molecule has 0 atom stereocenters. The molecule has 0 saturated carbocycles. The van der Waals surface area contributed by atoms with E-state index in [1.165, 1.54) is 0 Å². The number of phosphoric acid groups is 1. The Balaban J connectivity index is 0. The normalized spacial score (nSPS) is 9.50. The predicted octanol–water partition coefficient (Wildman–Crippen LogP) is 1.86. The van der Waals surface area contributed by atoms with Crippen LogP contribution >= 0.6 is 31.0 Å². The number of rotatable bonds is 0. The smallest absolute Gasteiger partial charge is 0.303 e. The van der Waals surface area contributed by atoms with Crippen LogP contribution in [0.25, 0.3) is 0 Å². The molecule has 0 radical (unpaired) electrons. The van der Waals surface area contributed by atoms with Gasteiger partial charge in [0.25, 0.3) is 0 Å². The molecule has 0 aliphatic carbocycles. The van der Waals surface area contributed by atoms with E-state index >= 15 is 0 Å². The topological polar surface area (TPSA) is 77.8 Å². The third kappa shape index (κ3) is 12.6. The first-order chi connectivity index (χ1) is 5.80. The van der Waals surface area contributed by atoms with Gasteiger partial charge in [-0.05, 0) is 0 Å². The van der Waals surface area contributed by atoms with Crippen LogP contribution in [0.5, 0.6) is 0 Å². The van der Waals surface area contributed by atoms with E-state index in [1.807, 2.05) is 0 Å². The van der Waals surface area contributed by atoms with Gasteiger partial charge in [-0.2, -0.15) is 35.9 Å². The van der Waals surface area contributed by atoms with Gasteiger partial charge in [-0.15, -0.1) is 11.6 Å². The number of hydrogen-bond acceptors (Lipinski definition) is 1. The molecule has 14 heavy (non-hydrogen) atoms. The van der Waals surface area contributed by atoms with Crippen LogP contribution in [0.1, 0.15) is 0 Å². The van der Waals surface area contributed by atoms with Crippen molar-refractivity contribution in [2.45, 2.75) is 0 Å². The zero-order valence-corrected chi connectivity index (χ0v) is 10.5. The molecule has 4 nitrogen and oxygen atoms in total. The van der Waals surface area contributed by atoms with Crippen molar-refractivity contribution in [2.75, 3.05) is 0 Å². The summed E-state index contributed by atoms with van der Waals surface area (Å²) in [5.41, 5.74) is 0. The second kappa shape index (κ2) is 7.81. The molecule has 0 amide bonds. The summed E-state index contributed by atoms with van der Waals surface area (Å²) in [6.07, 6.45) is 0. The standard InChI is InChI=1S/C6H3Cl2.H3O4P.Pd/c7-5-3-1-2-4-6(5)8;1-5(2,3)4;/h1-3H;(H3,1,2,3,4);/q-1;;. The molecule has 0 heterocycles. The number of benzene rings is 1. The Hall–Kier alpha value is 0.572. The van der Waals surface area contributed by atoms with Gasteiger partial charge in [-0.25, -0.2) is 4.57 Å². The van der Waals surface area contributed by atoms with Crippen molar-refractivity contribution in [3.05, 3.63) is 34.3 Å². The Morgan fingerprint density at radius 2 is 1.71 bits per heavy atom. The van der Waals surface area contributed by atoms with Crippen LogP contribution in [0.15, 0.2) is 18.2 Å². The van der Waals surface area contributed by atoms with Crippen LogP contribution in [-0.2, 0) is 25.0 Å². The zero-order valence-electron chi connectivity index (χ0n) is 6.50. The fraction of sp³-hybridized carbons (Fsp3) is 0. The fourth-order valence-electron chi connectivity index (χ4n) is 0.396. The summed E-state index contributed by atoms with van der Waals surface area (Å²) in [5, 5.41) is 1.03. The molecule has 0 unspecified atom stereocenters. The second-order valence-corrected chi connectivity index (χ2v) is 3.66. The minimum Gasteiger partial charge on any atom is -0.303 e. The Bertz CT molecular complexity index is 287. The summed E-state index contributed by atoms with van der Waals surface area (Å²) in [7, 11) is -4.64. The SMILES string of the molecule is Clc1[c-]cccc1Cl.O=P(O)(O)O.[Pd]. The van der Waals surface area contributed by atoms with E-state index < -0.39 is 7.82 Å². The molecule has 1 rings (SSSR count). The molecule has 8 heteroatoms. The fourth-order valence-corrected chi connectivity index (χ4v) is 0.649. The predicted molar refractivity (Wildman–Crippen MR) is 49.6 cm³/mol. The molecular weight excluding hydrogens is 344 g/mol. The van der Waals surface area contributed by atoms with Gasteiger partial charge in [0.05, 0.1) is 0 Å². The minimum atomic E-state index is -4.64. The van der Waals surface area contributed by atoms with Gasteiger partial charge in [0.1, 0.15) is 0 Å². The molecule has 0 fully saturated rings. The van der Waals surface area contributed by atoms with E-state index in [-0.39, 0.29) is 20.4 Å². The van der Waals surface area contributed by atoms with Gasteiger partial charge >= 0.3 is 7.82 Å². The van der Waals surface area contributed by atoms with E-state index in [0.717, 1.165) is 0 Å². The molecule has 1 aromatic rings. The summed E-state index contributed by atoms with van der Waals surface area (Å²) in [4.78, 5) is 21.6. The molecule has 0 aromatic heterocycles. The van der Waals surface area contributed by atoms with Crippen molar-refractivity contribution in [1.29, 1.82) is 0 Å². The first kappa shape index (κ1) is 17.0. The third-order valence-electron chi connectivity index (χ3n) is 0.759. The van der Waals surface area contributed by atoms with E-state index in [9.17, 15) is 0 Å². The molecule has 0 aliphatic heterocycles. The van der Waals surface area contributed by atoms with Crippen molar-refractivity contribution in [1.82, 2.24) is 0 Å². The molecule has 0 bridgehead atoms. The number of hydrogen-bond donors (Lipinski definition) is 3. The second-order valence-electron chi connectivity index (χ2n) is 1.85. The summed E-state index contributed by atoms with van der Waals surface area (Å²) < 4.78 is 8.88. The van der Waals surface area contributed by atoms with Crippen LogP contribution in [-0.4, -0.2) is 14.7 Å². The summed E-state index contributed by atoms with van der Waals surface area (Å²) in [6, 6.07) is 7.96. The van der Waals surface area contributed by atoms with Crippen LogP contribution in [0.2, 0.25) is 10.0 Å². The van der Waals surface area contributed by atoms with Gasteiger partial charge in [-0.3, -0.25) is 0 Å². The van der Waals surface area contributed by atoms with Crippen LogP contribution in [0.4, 0.5) is 0 Å². The van der Waals surface area contributed by atoms with E-state index in [1.54, 1.807) is 18.2 Å². The van der Waals surface area contributed by atoms with Gasteiger partial charge in [0.2, 0.25) is 0 Å². The van der Waals surface area contributed by atoms with E-state index in [4.69, 9.17) is 42.4 Å². The van der Waals surface area contributed by atoms with Crippen molar-refractivity contribution < 1.29 is 39.7 Å². The summed E-state index contributed by atoms with van der Waals surface area (Å²) >= 11 is 11.1. The number of halogens is 2. The molecule has 0 spiro atoms. The van der Waals surface area contributed by atoms with Crippen molar-refractivity contribution in [3.63, 3.8) is 0 Å². The quantitative estimate of drug-likeness (QED) is 0.379. The molecule has 1 aromatic carbocycles. The van der Waals surface area contributed by atoms with E-state index in [0.29, 0.717) is 10.0 Å². The first-order valence-corrected chi connectivity index (χ1v) is 5.23. The van der Waals surface area contributed by atoms with E-state index in [2.05, 4.69) is 6.07 Å². The maximum Gasteiger partial charge on any atom is 0.466 e. The molecular formula is C6H6Cl2O4PPd-.